The van der Waals surface area contributed by atoms with Gasteiger partial charge in [-0.15, -0.1) is 0 Å². The summed E-state index contributed by atoms with van der Waals surface area (Å²) >= 11 is 0. The standard InChI is InChI=1S/C29H42N4O4/c1-18(2)7-6-8-19(3)24-11-12-25-23-10-14-26(20(4)22(23)15-16-29(24,25)5)30-31-27-13-9-21(32(34)35)17-28(27)33(36)37/h9-10,13-14,17-20,22-25,31H,6-8,11-12,15-16H2,1-5H3/b30-26+/t19-,20+,22+,23-,24+,25-,29+/m1/s1. The summed E-state index contributed by atoms with van der Waals surface area (Å²) in [5, 5.41) is 27.0. The van der Waals surface area contributed by atoms with Gasteiger partial charge in [-0.3, -0.25) is 25.7 Å². The van der Waals surface area contributed by atoms with E-state index in [0.29, 0.717) is 23.2 Å². The number of nitro benzene ring substituents is 2. The lowest BCUT2D eigenvalue weighted by molar-refractivity contribution is -0.393. The molecule has 0 saturated heterocycles. The molecule has 2 fully saturated rings. The van der Waals surface area contributed by atoms with Gasteiger partial charge in [-0.25, -0.2) is 0 Å². The highest BCUT2D eigenvalue weighted by molar-refractivity contribution is 5.98. The minimum absolute atomic E-state index is 0.159. The van der Waals surface area contributed by atoms with Crippen molar-refractivity contribution in [1.82, 2.24) is 0 Å². The predicted octanol–water partition coefficient (Wildman–Crippen LogP) is 8.00. The number of allylic oxidation sites excluding steroid dienone is 2. The smallest absolute Gasteiger partial charge is 0.271 e. The molecule has 8 nitrogen and oxygen atoms in total. The van der Waals surface area contributed by atoms with Crippen molar-refractivity contribution in [2.24, 2.45) is 51.9 Å². The molecule has 1 aromatic carbocycles. The van der Waals surface area contributed by atoms with Crippen molar-refractivity contribution < 1.29 is 9.85 Å². The fourth-order valence-corrected chi connectivity index (χ4v) is 7.83. The minimum atomic E-state index is -0.633. The maximum absolute atomic E-state index is 11.5. The van der Waals surface area contributed by atoms with Gasteiger partial charge in [0.1, 0.15) is 5.69 Å². The van der Waals surface area contributed by atoms with E-state index in [1.54, 1.807) is 0 Å². The summed E-state index contributed by atoms with van der Waals surface area (Å²) in [6.45, 7) is 11.9. The third-order valence-corrected chi connectivity index (χ3v) is 9.88. The van der Waals surface area contributed by atoms with Crippen molar-refractivity contribution in [1.29, 1.82) is 0 Å². The van der Waals surface area contributed by atoms with Crippen LogP contribution in [0.3, 0.4) is 0 Å². The van der Waals surface area contributed by atoms with Crippen LogP contribution in [0.5, 0.6) is 0 Å². The number of fused-ring (bicyclic) bond motifs is 3. The number of benzene rings is 1. The SMILES string of the molecule is CC(C)CCC[C@@H](C)[C@@H]1CC[C@@H]2[C@@H]3C=C/C(=N\Nc4ccc([N+](=O)[O-])cc4[N+](=O)[O-])[C@@H](C)[C@@H]3CC[C@]21C. The van der Waals surface area contributed by atoms with Crippen LogP contribution >= 0.6 is 0 Å². The Hall–Kier alpha value is -2.77. The molecule has 2 saturated carbocycles. The topological polar surface area (TPSA) is 111 Å². The summed E-state index contributed by atoms with van der Waals surface area (Å²) in [5.41, 5.74) is 3.61. The Labute approximate surface area is 220 Å². The molecule has 0 unspecified atom stereocenters. The molecule has 0 aliphatic heterocycles. The molecule has 0 bridgehead atoms. The second-order valence-corrected chi connectivity index (χ2v) is 12.4. The van der Waals surface area contributed by atoms with E-state index >= 15 is 0 Å². The molecule has 4 rings (SSSR count). The summed E-state index contributed by atoms with van der Waals surface area (Å²) in [7, 11) is 0. The van der Waals surface area contributed by atoms with Crippen molar-refractivity contribution in [2.75, 3.05) is 5.43 Å². The quantitative estimate of drug-likeness (QED) is 0.267. The second-order valence-electron chi connectivity index (χ2n) is 12.4. The van der Waals surface area contributed by atoms with E-state index in [0.717, 1.165) is 29.5 Å². The first kappa shape index (κ1) is 27.3. The van der Waals surface area contributed by atoms with Crippen LogP contribution in [-0.2, 0) is 0 Å². The van der Waals surface area contributed by atoms with Crippen LogP contribution in [0, 0.1) is 67.1 Å². The van der Waals surface area contributed by atoms with Crippen LogP contribution in [0.25, 0.3) is 0 Å². The van der Waals surface area contributed by atoms with Crippen LogP contribution in [0.4, 0.5) is 17.1 Å². The molecule has 0 heterocycles. The van der Waals surface area contributed by atoms with Crippen molar-refractivity contribution in [3.8, 4) is 0 Å². The third kappa shape index (κ3) is 5.43. The average molecular weight is 511 g/mol. The number of hydrogen-bond acceptors (Lipinski definition) is 6. The van der Waals surface area contributed by atoms with Crippen LogP contribution < -0.4 is 5.43 Å². The second kappa shape index (κ2) is 10.9. The van der Waals surface area contributed by atoms with Crippen molar-refractivity contribution in [2.45, 2.75) is 79.6 Å². The fraction of sp³-hybridized carbons (Fsp3) is 0.690. The fourth-order valence-electron chi connectivity index (χ4n) is 7.83. The molecule has 37 heavy (non-hydrogen) atoms. The zero-order valence-corrected chi connectivity index (χ0v) is 22.9. The normalized spacial score (nSPS) is 32.7. The maximum atomic E-state index is 11.5. The molecule has 0 aromatic heterocycles. The first-order valence-electron chi connectivity index (χ1n) is 14.0. The molecule has 0 spiro atoms. The van der Waals surface area contributed by atoms with Gasteiger partial charge in [0.15, 0.2) is 0 Å². The highest BCUT2D eigenvalue weighted by atomic mass is 16.6. The van der Waals surface area contributed by atoms with E-state index in [1.807, 2.05) is 0 Å². The van der Waals surface area contributed by atoms with Gasteiger partial charge >= 0.3 is 5.69 Å². The number of anilines is 1. The van der Waals surface area contributed by atoms with Gasteiger partial charge in [0.05, 0.1) is 21.6 Å². The highest BCUT2D eigenvalue weighted by Crippen LogP contribution is 2.63. The van der Waals surface area contributed by atoms with E-state index in [2.05, 4.69) is 57.3 Å². The molecule has 3 aliphatic carbocycles. The van der Waals surface area contributed by atoms with E-state index in [-0.39, 0.29) is 23.0 Å². The monoisotopic (exact) mass is 510 g/mol. The number of non-ortho nitro benzene ring substituents is 1. The Morgan fingerprint density at radius 3 is 2.54 bits per heavy atom. The van der Waals surface area contributed by atoms with Crippen LogP contribution in [0.1, 0.15) is 79.6 Å². The first-order chi connectivity index (χ1) is 17.5. The number of nitrogens with one attached hydrogen (secondary N) is 1. The molecular formula is C29H42N4O4. The molecule has 202 valence electrons. The highest BCUT2D eigenvalue weighted by Gasteiger charge is 2.55. The van der Waals surface area contributed by atoms with Crippen LogP contribution in [0.15, 0.2) is 35.5 Å². The van der Waals surface area contributed by atoms with E-state index < -0.39 is 9.85 Å². The zero-order chi connectivity index (χ0) is 26.9. The summed E-state index contributed by atoms with van der Waals surface area (Å²) in [6.07, 6.45) is 13.5. The Morgan fingerprint density at radius 2 is 1.86 bits per heavy atom. The Kier molecular flexibility index (Phi) is 8.05. The Bertz CT molecular complexity index is 1080. The molecule has 1 aromatic rings. The molecule has 1 N–H and O–H groups in total. The van der Waals surface area contributed by atoms with Crippen molar-refractivity contribution >= 4 is 22.8 Å². The number of nitrogens with zero attached hydrogens (tertiary/aromatic N) is 3. The molecule has 0 amide bonds. The van der Waals surface area contributed by atoms with Gasteiger partial charge in [0, 0.05) is 12.0 Å². The van der Waals surface area contributed by atoms with Crippen molar-refractivity contribution in [3.63, 3.8) is 0 Å². The van der Waals surface area contributed by atoms with Crippen LogP contribution in [-0.4, -0.2) is 15.6 Å². The van der Waals surface area contributed by atoms with Gasteiger partial charge in [-0.1, -0.05) is 60.0 Å². The van der Waals surface area contributed by atoms with Gasteiger partial charge in [0.25, 0.3) is 5.69 Å². The van der Waals surface area contributed by atoms with E-state index in [4.69, 9.17) is 0 Å². The lowest BCUT2D eigenvalue weighted by atomic mass is 9.53. The summed E-state index contributed by atoms with van der Waals surface area (Å²) in [6, 6.07) is 3.59. The zero-order valence-electron chi connectivity index (χ0n) is 22.9. The number of hydrazone groups is 1. The van der Waals surface area contributed by atoms with E-state index in [1.165, 1.54) is 57.1 Å². The summed E-state index contributed by atoms with van der Waals surface area (Å²) in [5.74, 6) is 4.36. The third-order valence-electron chi connectivity index (χ3n) is 9.88. The molecule has 8 heteroatoms. The number of rotatable bonds is 9. The maximum Gasteiger partial charge on any atom is 0.301 e. The van der Waals surface area contributed by atoms with Gasteiger partial charge < -0.3 is 0 Å². The van der Waals surface area contributed by atoms with Crippen LogP contribution in [0.2, 0.25) is 0 Å². The number of nitro groups is 2. The van der Waals surface area contributed by atoms with Gasteiger partial charge in [0.2, 0.25) is 0 Å². The minimum Gasteiger partial charge on any atom is -0.271 e. The first-order valence-corrected chi connectivity index (χ1v) is 14.0. The lowest BCUT2D eigenvalue weighted by Crippen LogP contribution is -2.46. The van der Waals surface area contributed by atoms with Gasteiger partial charge in [-0.05, 0) is 78.7 Å². The Morgan fingerprint density at radius 1 is 1.11 bits per heavy atom. The largest absolute Gasteiger partial charge is 0.301 e. The van der Waals surface area contributed by atoms with Crippen molar-refractivity contribution in [3.05, 3.63) is 50.6 Å². The van der Waals surface area contributed by atoms with Gasteiger partial charge in [-0.2, -0.15) is 5.10 Å². The average Bonchev–Trinajstić information content (AvgIpc) is 3.20. The molecule has 0 radical (unpaired) electrons. The molecular weight excluding hydrogens is 468 g/mol. The lowest BCUT2D eigenvalue weighted by Gasteiger charge is -2.51. The summed E-state index contributed by atoms with van der Waals surface area (Å²) < 4.78 is 0. The summed E-state index contributed by atoms with van der Waals surface area (Å²) in [4.78, 5) is 21.3. The molecule has 3 aliphatic rings. The predicted molar refractivity (Wildman–Crippen MR) is 148 cm³/mol. The molecule has 7 atom stereocenters. The Balaban J connectivity index is 1.48. The number of hydrogen-bond donors (Lipinski definition) is 1. The van der Waals surface area contributed by atoms with E-state index in [9.17, 15) is 20.2 Å².